The number of hydrogen-bond donors (Lipinski definition) is 2. The predicted molar refractivity (Wildman–Crippen MR) is 76.0 cm³/mol. The molecule has 1 aromatic rings. The Balaban J connectivity index is 2.32. The Labute approximate surface area is 110 Å². The molecule has 1 aromatic carbocycles. The Hall–Kier alpha value is -1.06. The van der Waals surface area contributed by atoms with Gasteiger partial charge in [-0.15, -0.1) is 0 Å². The van der Waals surface area contributed by atoms with E-state index >= 15 is 0 Å². The maximum atomic E-state index is 9.48. The summed E-state index contributed by atoms with van der Waals surface area (Å²) in [6.45, 7) is 3.51. The molecule has 1 aliphatic rings. The van der Waals surface area contributed by atoms with Crippen LogP contribution in [0.5, 0.6) is 0 Å². The molecule has 0 spiro atoms. The van der Waals surface area contributed by atoms with Crippen LogP contribution in [0.3, 0.4) is 0 Å². The number of benzene rings is 1. The van der Waals surface area contributed by atoms with Gasteiger partial charge in [-0.3, -0.25) is 0 Å². The van der Waals surface area contributed by atoms with Crippen molar-refractivity contribution >= 4 is 5.69 Å². The molecule has 3 heteroatoms. The number of hydrogen-bond acceptors (Lipinski definition) is 3. The summed E-state index contributed by atoms with van der Waals surface area (Å²) in [5.41, 5.74) is 2.64. The van der Waals surface area contributed by atoms with Crippen molar-refractivity contribution in [1.29, 1.82) is 0 Å². The highest BCUT2D eigenvalue weighted by atomic mass is 16.3. The zero-order valence-corrected chi connectivity index (χ0v) is 11.4. The fraction of sp³-hybridized carbons (Fsp3) is 0.600. The Kier molecular flexibility index (Phi) is 4.61. The van der Waals surface area contributed by atoms with E-state index in [4.69, 9.17) is 0 Å². The lowest BCUT2D eigenvalue weighted by Crippen LogP contribution is -2.33. The average Bonchev–Trinajstić information content (AvgIpc) is 2.89. The van der Waals surface area contributed by atoms with Crippen LogP contribution in [0.4, 0.5) is 5.69 Å². The Morgan fingerprint density at radius 1 is 1.44 bits per heavy atom. The van der Waals surface area contributed by atoms with Gasteiger partial charge in [0.2, 0.25) is 0 Å². The van der Waals surface area contributed by atoms with Gasteiger partial charge in [0.15, 0.2) is 0 Å². The summed E-state index contributed by atoms with van der Waals surface area (Å²) in [4.78, 5) is 2.37. The molecule has 3 nitrogen and oxygen atoms in total. The van der Waals surface area contributed by atoms with Crippen molar-refractivity contribution in [2.24, 2.45) is 0 Å². The van der Waals surface area contributed by atoms with E-state index in [0.717, 1.165) is 19.4 Å². The smallest absolute Gasteiger partial charge is 0.0635 e. The van der Waals surface area contributed by atoms with Gasteiger partial charge in [-0.1, -0.05) is 25.1 Å². The first-order valence-electron chi connectivity index (χ1n) is 6.95. The summed E-state index contributed by atoms with van der Waals surface area (Å²) >= 11 is 0. The minimum absolute atomic E-state index is 0.255. The standard InChI is InChI=1S/C15H24N2O/c1-3-14(16-2)13-8-4-5-9-15(13)17-10-6-7-12(17)11-18/h4-5,8-9,12,14,16,18H,3,6-7,10-11H2,1-2H3. The van der Waals surface area contributed by atoms with Crippen LogP contribution < -0.4 is 10.2 Å². The predicted octanol–water partition coefficient (Wildman–Crippen LogP) is 2.32. The molecular formula is C15H24N2O. The number of aliphatic hydroxyl groups is 1. The molecule has 0 radical (unpaired) electrons. The van der Waals surface area contributed by atoms with Gasteiger partial charge in [0.05, 0.1) is 12.6 Å². The van der Waals surface area contributed by atoms with E-state index in [2.05, 4.69) is 41.4 Å². The molecule has 0 amide bonds. The molecule has 2 rings (SSSR count). The van der Waals surface area contributed by atoms with Crippen molar-refractivity contribution in [3.05, 3.63) is 29.8 Å². The average molecular weight is 248 g/mol. The summed E-state index contributed by atoms with van der Waals surface area (Å²) in [5, 5.41) is 12.9. The van der Waals surface area contributed by atoms with Crippen molar-refractivity contribution in [2.45, 2.75) is 38.3 Å². The number of para-hydroxylation sites is 1. The van der Waals surface area contributed by atoms with Crippen molar-refractivity contribution in [3.8, 4) is 0 Å². The normalized spacial score (nSPS) is 21.3. The van der Waals surface area contributed by atoms with Gasteiger partial charge in [-0.25, -0.2) is 0 Å². The van der Waals surface area contributed by atoms with Gasteiger partial charge in [0.1, 0.15) is 0 Å². The van der Waals surface area contributed by atoms with Crippen LogP contribution in [0.25, 0.3) is 0 Å². The zero-order chi connectivity index (χ0) is 13.0. The second kappa shape index (κ2) is 6.21. The van der Waals surface area contributed by atoms with Crippen LogP contribution in [0.15, 0.2) is 24.3 Å². The van der Waals surface area contributed by atoms with Gasteiger partial charge in [-0.2, -0.15) is 0 Å². The lowest BCUT2D eigenvalue weighted by atomic mass is 10.0. The molecule has 1 aliphatic heterocycles. The Morgan fingerprint density at radius 2 is 2.22 bits per heavy atom. The first kappa shape index (κ1) is 13.4. The van der Waals surface area contributed by atoms with Crippen LogP contribution in [0, 0.1) is 0 Å². The second-order valence-corrected chi connectivity index (χ2v) is 4.98. The molecule has 2 atom stereocenters. The van der Waals surface area contributed by atoms with E-state index in [-0.39, 0.29) is 6.61 Å². The quantitative estimate of drug-likeness (QED) is 0.839. The van der Waals surface area contributed by atoms with Gasteiger partial charge in [0.25, 0.3) is 0 Å². The van der Waals surface area contributed by atoms with Gasteiger partial charge >= 0.3 is 0 Å². The molecule has 18 heavy (non-hydrogen) atoms. The number of nitrogens with zero attached hydrogens (tertiary/aromatic N) is 1. The Bertz CT molecular complexity index is 377. The van der Waals surface area contributed by atoms with E-state index < -0.39 is 0 Å². The van der Waals surface area contributed by atoms with Gasteiger partial charge < -0.3 is 15.3 Å². The fourth-order valence-corrected chi connectivity index (χ4v) is 2.97. The molecule has 1 fully saturated rings. The van der Waals surface area contributed by atoms with E-state index in [1.165, 1.54) is 17.7 Å². The molecular weight excluding hydrogens is 224 g/mol. The molecule has 2 N–H and O–H groups in total. The third kappa shape index (κ3) is 2.52. The van der Waals surface area contributed by atoms with Crippen LogP contribution >= 0.6 is 0 Å². The van der Waals surface area contributed by atoms with E-state index in [9.17, 15) is 5.11 Å². The van der Waals surface area contributed by atoms with Crippen LogP contribution in [-0.4, -0.2) is 31.3 Å². The summed E-state index contributed by atoms with van der Waals surface area (Å²) in [5.74, 6) is 0. The van der Waals surface area contributed by atoms with Crippen LogP contribution in [-0.2, 0) is 0 Å². The third-order valence-corrected chi connectivity index (χ3v) is 3.97. The fourth-order valence-electron chi connectivity index (χ4n) is 2.97. The van der Waals surface area contributed by atoms with Crippen LogP contribution in [0.1, 0.15) is 37.8 Å². The largest absolute Gasteiger partial charge is 0.394 e. The molecule has 1 saturated heterocycles. The maximum absolute atomic E-state index is 9.48. The number of rotatable bonds is 5. The summed E-state index contributed by atoms with van der Waals surface area (Å²) in [6.07, 6.45) is 3.35. The lowest BCUT2D eigenvalue weighted by Gasteiger charge is -2.30. The van der Waals surface area contributed by atoms with Crippen LogP contribution in [0.2, 0.25) is 0 Å². The van der Waals surface area contributed by atoms with Crippen molar-refractivity contribution in [3.63, 3.8) is 0 Å². The minimum Gasteiger partial charge on any atom is -0.394 e. The minimum atomic E-state index is 0.255. The molecule has 1 heterocycles. The van der Waals surface area contributed by atoms with Gasteiger partial charge in [-0.05, 0) is 37.9 Å². The number of anilines is 1. The highest BCUT2D eigenvalue weighted by Crippen LogP contribution is 2.32. The highest BCUT2D eigenvalue weighted by Gasteiger charge is 2.26. The maximum Gasteiger partial charge on any atom is 0.0635 e. The van der Waals surface area contributed by atoms with Crippen molar-refractivity contribution in [1.82, 2.24) is 5.32 Å². The highest BCUT2D eigenvalue weighted by molar-refractivity contribution is 5.56. The molecule has 0 bridgehead atoms. The second-order valence-electron chi connectivity index (χ2n) is 4.98. The number of aliphatic hydroxyl groups excluding tert-OH is 1. The third-order valence-electron chi connectivity index (χ3n) is 3.97. The first-order chi connectivity index (χ1) is 8.81. The van der Waals surface area contributed by atoms with E-state index in [1.54, 1.807) is 0 Å². The first-order valence-corrected chi connectivity index (χ1v) is 6.95. The molecule has 0 aromatic heterocycles. The summed E-state index contributed by atoms with van der Waals surface area (Å²) in [6, 6.07) is 9.26. The Morgan fingerprint density at radius 3 is 2.89 bits per heavy atom. The van der Waals surface area contributed by atoms with Crippen molar-refractivity contribution < 1.29 is 5.11 Å². The summed E-state index contributed by atoms with van der Waals surface area (Å²) < 4.78 is 0. The summed E-state index contributed by atoms with van der Waals surface area (Å²) in [7, 11) is 2.01. The van der Waals surface area contributed by atoms with E-state index in [1.807, 2.05) is 7.05 Å². The van der Waals surface area contributed by atoms with E-state index in [0.29, 0.717) is 12.1 Å². The topological polar surface area (TPSA) is 35.5 Å². The SMILES string of the molecule is CCC(NC)c1ccccc1N1CCCC1CO. The molecule has 2 unspecified atom stereocenters. The number of nitrogens with one attached hydrogen (secondary N) is 1. The lowest BCUT2D eigenvalue weighted by molar-refractivity contribution is 0.266. The molecule has 0 aliphatic carbocycles. The van der Waals surface area contributed by atoms with Crippen molar-refractivity contribution in [2.75, 3.05) is 25.1 Å². The zero-order valence-electron chi connectivity index (χ0n) is 11.4. The molecule has 100 valence electrons. The molecule has 0 saturated carbocycles. The monoisotopic (exact) mass is 248 g/mol. The van der Waals surface area contributed by atoms with Gasteiger partial charge in [0, 0.05) is 18.3 Å².